The molecule has 0 unspecified atom stereocenters. The summed E-state index contributed by atoms with van der Waals surface area (Å²) in [5.74, 6) is -1.04. The van der Waals surface area contributed by atoms with Crippen LogP contribution in [-0.2, 0) is 0 Å². The molecule has 4 aromatic carbocycles. The van der Waals surface area contributed by atoms with Gasteiger partial charge in [-0.05, 0) is 61.0 Å². The van der Waals surface area contributed by atoms with Crippen LogP contribution >= 0.6 is 0 Å². The summed E-state index contributed by atoms with van der Waals surface area (Å²) in [4.78, 5) is 26.4. The quantitative estimate of drug-likeness (QED) is 0.457. The number of carbonyl (C=O) groups excluding carboxylic acids is 2. The van der Waals surface area contributed by atoms with Crippen LogP contribution in [-0.4, -0.2) is 21.8 Å². The normalized spacial score (nSPS) is 10.9. The monoisotopic (exact) mass is 396 g/mol. The van der Waals surface area contributed by atoms with E-state index in [1.165, 1.54) is 12.1 Å². The Hall–Kier alpha value is -3.92. The number of rotatable bonds is 4. The van der Waals surface area contributed by atoms with Gasteiger partial charge in [-0.25, -0.2) is 0 Å². The number of phenolic OH excluding ortho intramolecular Hbond substituents is 2. The largest absolute Gasteiger partial charge is 0.507 e. The van der Waals surface area contributed by atoms with Crippen molar-refractivity contribution in [2.75, 3.05) is 0 Å². The van der Waals surface area contributed by atoms with Crippen LogP contribution in [0.5, 0.6) is 11.5 Å². The van der Waals surface area contributed by atoms with Crippen LogP contribution in [0.15, 0.2) is 72.8 Å². The van der Waals surface area contributed by atoms with Gasteiger partial charge in [-0.1, -0.05) is 47.5 Å². The molecule has 0 heterocycles. The molecule has 0 aromatic heterocycles. The minimum Gasteiger partial charge on any atom is -0.507 e. The van der Waals surface area contributed by atoms with Crippen molar-refractivity contribution in [3.05, 3.63) is 106 Å². The molecule has 0 aliphatic carbocycles. The van der Waals surface area contributed by atoms with Gasteiger partial charge in [-0.2, -0.15) is 0 Å². The number of fused-ring (bicyclic) bond motifs is 1. The van der Waals surface area contributed by atoms with Gasteiger partial charge in [0.2, 0.25) is 0 Å². The Morgan fingerprint density at radius 1 is 0.600 bits per heavy atom. The van der Waals surface area contributed by atoms with Crippen LogP contribution in [0.4, 0.5) is 0 Å². The van der Waals surface area contributed by atoms with Gasteiger partial charge in [-0.15, -0.1) is 0 Å². The maximum absolute atomic E-state index is 13.2. The number of benzene rings is 4. The predicted molar refractivity (Wildman–Crippen MR) is 117 cm³/mol. The van der Waals surface area contributed by atoms with E-state index in [1.807, 2.05) is 26.0 Å². The van der Waals surface area contributed by atoms with E-state index in [1.54, 1.807) is 48.5 Å². The molecule has 0 radical (unpaired) electrons. The third-order valence-corrected chi connectivity index (χ3v) is 5.17. The van der Waals surface area contributed by atoms with Gasteiger partial charge >= 0.3 is 0 Å². The van der Waals surface area contributed by atoms with Gasteiger partial charge in [-0.3, -0.25) is 9.59 Å². The molecule has 148 valence electrons. The molecule has 0 saturated heterocycles. The second kappa shape index (κ2) is 7.48. The van der Waals surface area contributed by atoms with E-state index < -0.39 is 0 Å². The van der Waals surface area contributed by atoms with E-state index in [-0.39, 0.29) is 34.2 Å². The molecule has 4 heteroatoms. The molecule has 0 saturated carbocycles. The Labute approximate surface area is 174 Å². The van der Waals surface area contributed by atoms with E-state index in [0.717, 1.165) is 11.1 Å². The highest BCUT2D eigenvalue weighted by molar-refractivity contribution is 6.23. The highest BCUT2D eigenvalue weighted by atomic mass is 16.3. The smallest absolute Gasteiger partial charge is 0.197 e. The molecule has 0 aliphatic heterocycles. The van der Waals surface area contributed by atoms with E-state index in [0.29, 0.717) is 21.9 Å². The maximum atomic E-state index is 13.2. The number of ketones is 2. The molecule has 0 bridgehead atoms. The van der Waals surface area contributed by atoms with Crippen molar-refractivity contribution in [1.82, 2.24) is 0 Å². The molecular formula is C26H20O4. The number of hydrogen-bond donors (Lipinski definition) is 2. The highest BCUT2D eigenvalue weighted by Gasteiger charge is 2.23. The molecule has 0 fully saturated rings. The van der Waals surface area contributed by atoms with Gasteiger partial charge < -0.3 is 10.2 Å². The zero-order valence-corrected chi connectivity index (χ0v) is 16.6. The van der Waals surface area contributed by atoms with E-state index in [4.69, 9.17) is 0 Å². The minimum atomic E-state index is -0.346. The molecular weight excluding hydrogens is 376 g/mol. The third-order valence-electron chi connectivity index (χ3n) is 5.17. The number of aromatic hydroxyl groups is 2. The van der Waals surface area contributed by atoms with Gasteiger partial charge in [0.25, 0.3) is 0 Å². The fourth-order valence-electron chi connectivity index (χ4n) is 3.72. The Morgan fingerprint density at radius 3 is 1.37 bits per heavy atom. The van der Waals surface area contributed by atoms with Crippen molar-refractivity contribution in [3.63, 3.8) is 0 Å². The maximum Gasteiger partial charge on any atom is 0.197 e. The molecule has 4 aromatic rings. The van der Waals surface area contributed by atoms with E-state index in [2.05, 4.69) is 0 Å². The second-order valence-electron chi connectivity index (χ2n) is 7.41. The van der Waals surface area contributed by atoms with Crippen molar-refractivity contribution >= 4 is 22.3 Å². The van der Waals surface area contributed by atoms with E-state index in [9.17, 15) is 19.8 Å². The van der Waals surface area contributed by atoms with Crippen LogP contribution in [0, 0.1) is 13.8 Å². The fraction of sp³-hybridized carbons (Fsp3) is 0.0769. The minimum absolute atomic E-state index is 0.108. The van der Waals surface area contributed by atoms with Crippen LogP contribution in [0.2, 0.25) is 0 Å². The van der Waals surface area contributed by atoms with Gasteiger partial charge in [0.1, 0.15) is 11.5 Å². The van der Waals surface area contributed by atoms with Crippen molar-refractivity contribution in [2.45, 2.75) is 13.8 Å². The van der Waals surface area contributed by atoms with Crippen molar-refractivity contribution in [2.24, 2.45) is 0 Å². The Morgan fingerprint density at radius 2 is 1.00 bits per heavy atom. The number of aryl methyl sites for hydroxylation is 2. The van der Waals surface area contributed by atoms with Crippen molar-refractivity contribution in [1.29, 1.82) is 0 Å². The lowest BCUT2D eigenvalue weighted by atomic mass is 9.90. The molecule has 4 rings (SSSR count). The fourth-order valence-corrected chi connectivity index (χ4v) is 3.72. The first-order valence-corrected chi connectivity index (χ1v) is 9.57. The molecule has 0 aliphatic rings. The lowest BCUT2D eigenvalue weighted by Gasteiger charge is -2.13. The average molecular weight is 396 g/mol. The summed E-state index contributed by atoms with van der Waals surface area (Å²) in [6.45, 7) is 3.77. The molecule has 0 spiro atoms. The number of hydrogen-bond acceptors (Lipinski definition) is 4. The summed E-state index contributed by atoms with van der Waals surface area (Å²) in [6, 6.07) is 20.1. The summed E-state index contributed by atoms with van der Waals surface area (Å²) in [7, 11) is 0. The first-order chi connectivity index (χ1) is 14.4. The SMILES string of the molecule is Cc1cccc(C(=O)c2c(O)ccc3c(C(=O)c4cccc(C)c4)c(O)ccc23)c1. The van der Waals surface area contributed by atoms with Gasteiger partial charge in [0.05, 0.1) is 11.1 Å². The number of carbonyl (C=O) groups is 2. The lowest BCUT2D eigenvalue weighted by Crippen LogP contribution is -2.06. The zero-order chi connectivity index (χ0) is 21.4. The predicted octanol–water partition coefficient (Wildman–Crippen LogP) is 5.33. The van der Waals surface area contributed by atoms with Crippen LogP contribution in [0.1, 0.15) is 43.0 Å². The Kier molecular flexibility index (Phi) is 4.84. The molecule has 30 heavy (non-hydrogen) atoms. The summed E-state index contributed by atoms with van der Waals surface area (Å²) < 4.78 is 0. The zero-order valence-electron chi connectivity index (χ0n) is 16.6. The summed E-state index contributed by atoms with van der Waals surface area (Å²) in [6.07, 6.45) is 0. The summed E-state index contributed by atoms with van der Waals surface area (Å²) >= 11 is 0. The van der Waals surface area contributed by atoms with Crippen molar-refractivity contribution < 1.29 is 19.8 Å². The van der Waals surface area contributed by atoms with Crippen LogP contribution in [0.3, 0.4) is 0 Å². The Balaban J connectivity index is 1.95. The molecule has 0 amide bonds. The van der Waals surface area contributed by atoms with Crippen LogP contribution in [0.25, 0.3) is 10.8 Å². The molecule has 0 atom stereocenters. The number of phenols is 2. The first-order valence-electron chi connectivity index (χ1n) is 9.57. The highest BCUT2D eigenvalue weighted by Crippen LogP contribution is 2.36. The first kappa shape index (κ1) is 19.4. The second-order valence-corrected chi connectivity index (χ2v) is 7.41. The topological polar surface area (TPSA) is 74.6 Å². The molecule has 2 N–H and O–H groups in total. The third kappa shape index (κ3) is 3.33. The van der Waals surface area contributed by atoms with Gasteiger partial charge in [0, 0.05) is 11.1 Å². The summed E-state index contributed by atoms with van der Waals surface area (Å²) in [5.41, 5.74) is 2.95. The Bertz CT molecular complexity index is 1220. The molecule has 4 nitrogen and oxygen atoms in total. The van der Waals surface area contributed by atoms with E-state index >= 15 is 0 Å². The van der Waals surface area contributed by atoms with Gasteiger partial charge in [0.15, 0.2) is 11.6 Å². The lowest BCUT2D eigenvalue weighted by molar-refractivity contribution is 0.102. The summed E-state index contributed by atoms with van der Waals surface area (Å²) in [5, 5.41) is 21.8. The van der Waals surface area contributed by atoms with Crippen LogP contribution < -0.4 is 0 Å². The standard InChI is InChI=1S/C26H20O4/c1-15-5-3-7-17(13-15)25(29)23-19-9-12-22(28)24(20(19)10-11-21(23)27)26(30)18-8-4-6-16(2)14-18/h3-14,27-28H,1-2H3. The average Bonchev–Trinajstić information content (AvgIpc) is 2.73. The van der Waals surface area contributed by atoms with Crippen molar-refractivity contribution in [3.8, 4) is 11.5 Å².